The Bertz CT molecular complexity index is 1240. The van der Waals surface area contributed by atoms with Gasteiger partial charge < -0.3 is 24.6 Å². The highest BCUT2D eigenvalue weighted by Gasteiger charge is 2.44. The molecular weight excluding hydrogens is 540 g/mol. The van der Waals surface area contributed by atoms with Crippen LogP contribution in [0.15, 0.2) is 35.2 Å². The molecule has 1 aromatic carbocycles. The van der Waals surface area contributed by atoms with Crippen LogP contribution in [0.25, 0.3) is 0 Å². The van der Waals surface area contributed by atoms with Gasteiger partial charge in [-0.2, -0.15) is 0 Å². The molecule has 3 fully saturated rings. The van der Waals surface area contributed by atoms with Gasteiger partial charge in [0, 0.05) is 43.9 Å². The summed E-state index contributed by atoms with van der Waals surface area (Å²) in [5, 5.41) is 2.91. The van der Waals surface area contributed by atoms with Crippen molar-refractivity contribution in [1.82, 2.24) is 9.71 Å². The average Bonchev–Trinajstić information content (AvgIpc) is 3.71. The first-order valence-electron chi connectivity index (χ1n) is 13.6. The van der Waals surface area contributed by atoms with E-state index in [1.54, 1.807) is 23.1 Å². The monoisotopic (exact) mass is 575 g/mol. The first-order chi connectivity index (χ1) is 19.2. The number of methoxy groups -OCH3 is 2. The maximum absolute atomic E-state index is 13.7. The quantitative estimate of drug-likeness (QED) is 0.325. The first-order valence-corrected chi connectivity index (χ1v) is 14.4. The van der Waals surface area contributed by atoms with Gasteiger partial charge in [0.1, 0.15) is 12.4 Å². The summed E-state index contributed by atoms with van der Waals surface area (Å²) < 4.78 is 40.6. The molecule has 0 bridgehead atoms. The second-order valence-corrected chi connectivity index (χ2v) is 11.6. The number of piperidine rings is 2. The number of nitrogens with one attached hydrogen (secondary N) is 2. The normalized spacial score (nSPS) is 19.3. The van der Waals surface area contributed by atoms with Crippen LogP contribution in [0.5, 0.6) is 5.75 Å². The highest BCUT2D eigenvalue weighted by molar-refractivity contribution is 7.97. The van der Waals surface area contributed by atoms with Crippen molar-refractivity contribution in [3.63, 3.8) is 0 Å². The summed E-state index contributed by atoms with van der Waals surface area (Å²) in [5.74, 6) is -2.14. The third kappa shape index (κ3) is 6.60. The molecule has 2 N–H and O–H groups in total. The Morgan fingerprint density at radius 2 is 1.68 bits per heavy atom. The van der Waals surface area contributed by atoms with E-state index in [1.807, 2.05) is 12.1 Å². The zero-order valence-corrected chi connectivity index (χ0v) is 23.6. The zero-order chi connectivity index (χ0) is 28.3. The number of hydrogen-bond acceptors (Lipinski definition) is 9. The van der Waals surface area contributed by atoms with Crippen LogP contribution in [0.2, 0.25) is 0 Å². The number of halogens is 2. The molecule has 40 heavy (non-hydrogen) atoms. The van der Waals surface area contributed by atoms with Gasteiger partial charge in [0.2, 0.25) is 0 Å². The zero-order valence-electron chi connectivity index (χ0n) is 22.8. The molecule has 9 nitrogen and oxygen atoms in total. The lowest BCUT2D eigenvalue weighted by Crippen LogP contribution is -2.40. The summed E-state index contributed by atoms with van der Waals surface area (Å²) in [4.78, 5) is 34.6. The Morgan fingerprint density at radius 3 is 2.33 bits per heavy atom. The second kappa shape index (κ2) is 11.8. The van der Waals surface area contributed by atoms with Gasteiger partial charge in [0.25, 0.3) is 11.8 Å². The van der Waals surface area contributed by atoms with Crippen molar-refractivity contribution in [3.05, 3.63) is 35.9 Å². The number of esters is 1. The Labute approximate surface area is 237 Å². The fourth-order valence-electron chi connectivity index (χ4n) is 5.30. The van der Waals surface area contributed by atoms with Gasteiger partial charge in [-0.25, -0.2) is 18.5 Å². The summed E-state index contributed by atoms with van der Waals surface area (Å²) >= 11 is 1.31. The number of carbonyl (C=O) groups is 2. The Morgan fingerprint density at radius 1 is 0.975 bits per heavy atom. The number of ether oxygens (including phenoxy) is 2. The van der Waals surface area contributed by atoms with Crippen LogP contribution < -0.4 is 24.6 Å². The molecule has 1 spiro atoms. The molecular formula is C28H35F2N5O4S. The molecule has 0 radical (unpaired) electrons. The average molecular weight is 576 g/mol. The van der Waals surface area contributed by atoms with E-state index in [9.17, 15) is 18.4 Å². The Balaban J connectivity index is 1.35. The number of anilines is 3. The van der Waals surface area contributed by atoms with E-state index in [2.05, 4.69) is 24.7 Å². The molecule has 1 aromatic heterocycles. The molecule has 2 aromatic rings. The highest BCUT2D eigenvalue weighted by atomic mass is 32.2. The predicted molar refractivity (Wildman–Crippen MR) is 151 cm³/mol. The number of hydrogen-bond donors (Lipinski definition) is 2. The number of aromatic nitrogens is 1. The van der Waals surface area contributed by atoms with Crippen LogP contribution in [0.4, 0.5) is 26.1 Å². The van der Waals surface area contributed by atoms with Gasteiger partial charge in [-0.1, -0.05) is 0 Å². The van der Waals surface area contributed by atoms with Crippen molar-refractivity contribution < 1.29 is 27.8 Å². The molecule has 0 atom stereocenters. The molecule has 1 amide bonds. The number of rotatable bonds is 9. The lowest BCUT2D eigenvalue weighted by Gasteiger charge is -2.35. The van der Waals surface area contributed by atoms with Crippen LogP contribution in [-0.4, -0.2) is 69.7 Å². The maximum atomic E-state index is 13.7. The SMILES string of the molecule is COC(=O)CNSc1ccc(C(=O)Nc2ccc(OC)c(N3CCC(F)(F)CC3)n2)c(N2CCC3(CC2)CC3)c1. The van der Waals surface area contributed by atoms with E-state index in [4.69, 9.17) is 4.74 Å². The van der Waals surface area contributed by atoms with E-state index in [-0.39, 0.29) is 44.4 Å². The van der Waals surface area contributed by atoms with E-state index in [0.717, 1.165) is 36.5 Å². The summed E-state index contributed by atoms with van der Waals surface area (Å²) in [6, 6.07) is 8.93. The smallest absolute Gasteiger partial charge is 0.320 e. The van der Waals surface area contributed by atoms with Crippen molar-refractivity contribution in [1.29, 1.82) is 0 Å². The van der Waals surface area contributed by atoms with E-state index in [1.165, 1.54) is 39.0 Å². The van der Waals surface area contributed by atoms with E-state index >= 15 is 0 Å². The minimum Gasteiger partial charge on any atom is -0.493 e. The van der Waals surface area contributed by atoms with E-state index in [0.29, 0.717) is 28.4 Å². The first kappa shape index (κ1) is 28.4. The van der Waals surface area contributed by atoms with E-state index < -0.39 is 5.92 Å². The molecule has 2 aliphatic heterocycles. The van der Waals surface area contributed by atoms with Gasteiger partial charge in [-0.15, -0.1) is 0 Å². The van der Waals surface area contributed by atoms with Gasteiger partial charge in [-0.3, -0.25) is 9.59 Å². The molecule has 12 heteroatoms. The number of alkyl halides is 2. The van der Waals surface area contributed by atoms with Gasteiger partial charge >= 0.3 is 5.97 Å². The Kier molecular flexibility index (Phi) is 8.37. The topological polar surface area (TPSA) is 96.0 Å². The lowest BCUT2D eigenvalue weighted by molar-refractivity contribution is -0.139. The third-order valence-electron chi connectivity index (χ3n) is 8.07. The number of benzene rings is 1. The molecule has 3 aliphatic rings. The minimum atomic E-state index is -2.68. The largest absolute Gasteiger partial charge is 0.493 e. The molecule has 3 heterocycles. The highest BCUT2D eigenvalue weighted by Crippen LogP contribution is 2.54. The number of nitrogens with zero attached hydrogens (tertiary/aromatic N) is 3. The number of amides is 1. The fourth-order valence-corrected chi connectivity index (χ4v) is 5.96. The molecule has 216 valence electrons. The van der Waals surface area contributed by atoms with Crippen molar-refractivity contribution in [2.45, 2.75) is 49.3 Å². The summed E-state index contributed by atoms with van der Waals surface area (Å²) in [7, 11) is 2.85. The van der Waals surface area contributed by atoms with Crippen LogP contribution in [0.1, 0.15) is 48.9 Å². The van der Waals surface area contributed by atoms with Crippen molar-refractivity contribution in [2.24, 2.45) is 5.41 Å². The summed E-state index contributed by atoms with van der Waals surface area (Å²) in [6.45, 7) is 2.10. The van der Waals surface area contributed by atoms with Crippen molar-refractivity contribution >= 4 is 41.1 Å². The fraction of sp³-hybridized carbons (Fsp3) is 0.536. The number of pyridine rings is 1. The standard InChI is InChI=1S/C28H35F2N5O4S/c1-38-22-5-6-23(32-25(22)35-15-11-28(29,30)12-16-35)33-26(37)20-4-3-19(40-31-18-24(36)39-2)17-21(20)34-13-9-27(7-8-27)10-14-34/h3-6,17,31H,7-16,18H2,1-2H3,(H,32,33,37). The molecule has 1 saturated carbocycles. The second-order valence-electron chi connectivity index (χ2n) is 10.7. The van der Waals surface area contributed by atoms with Crippen molar-refractivity contribution in [3.8, 4) is 5.75 Å². The lowest BCUT2D eigenvalue weighted by atomic mass is 9.93. The summed E-state index contributed by atoms with van der Waals surface area (Å²) in [6.07, 6.45) is 4.25. The third-order valence-corrected chi connectivity index (χ3v) is 8.84. The Hall–Kier alpha value is -3.12. The van der Waals surface area contributed by atoms with Crippen LogP contribution in [0.3, 0.4) is 0 Å². The van der Waals surface area contributed by atoms with Gasteiger partial charge in [0.05, 0.1) is 25.5 Å². The molecule has 2 saturated heterocycles. The van der Waals surface area contributed by atoms with Crippen molar-refractivity contribution in [2.75, 3.05) is 62.1 Å². The van der Waals surface area contributed by atoms with Crippen LogP contribution in [0, 0.1) is 5.41 Å². The van der Waals surface area contributed by atoms with Crippen LogP contribution in [-0.2, 0) is 9.53 Å². The van der Waals surface area contributed by atoms with Gasteiger partial charge in [0.15, 0.2) is 11.6 Å². The predicted octanol–water partition coefficient (Wildman–Crippen LogP) is 4.73. The van der Waals surface area contributed by atoms with Crippen LogP contribution >= 0.6 is 11.9 Å². The maximum Gasteiger partial charge on any atom is 0.320 e. The molecule has 5 rings (SSSR count). The number of carbonyl (C=O) groups excluding carboxylic acids is 2. The minimum absolute atomic E-state index is 0.0606. The summed E-state index contributed by atoms with van der Waals surface area (Å²) in [5.41, 5.74) is 1.82. The molecule has 0 unspecified atom stereocenters. The van der Waals surface area contributed by atoms with Gasteiger partial charge in [-0.05, 0) is 73.4 Å². The molecule has 1 aliphatic carbocycles.